The summed E-state index contributed by atoms with van der Waals surface area (Å²) in [5.41, 5.74) is 10.8. The van der Waals surface area contributed by atoms with Crippen LogP contribution in [0.1, 0.15) is 22.3 Å². The van der Waals surface area contributed by atoms with Crippen molar-refractivity contribution < 1.29 is 13.2 Å². The molecule has 2 heterocycles. The number of para-hydroxylation sites is 2. The number of halogens is 3. The Bertz CT molecular complexity index is 3980. The predicted octanol–water partition coefficient (Wildman–Crippen LogP) is 16.2. The molecule has 316 valence electrons. The maximum Gasteiger partial charge on any atom is 0.417 e. The highest BCUT2D eigenvalue weighted by atomic mass is 19.4. The fraction of sp³-hybridized carbons (Fsp3) is 0.0339. The summed E-state index contributed by atoms with van der Waals surface area (Å²) >= 11 is 0. The van der Waals surface area contributed by atoms with E-state index < -0.39 is 11.7 Å². The zero-order valence-corrected chi connectivity index (χ0v) is 35.8. The lowest BCUT2D eigenvalue weighted by Gasteiger charge is -2.22. The van der Waals surface area contributed by atoms with Crippen LogP contribution < -0.4 is 0 Å². The SMILES string of the molecule is [C-]#[N+]c1cccc(-n2c3ccccc3c3cc(-c4ccccc4C#N)ccc32)c1-c1cc(-c2c(C)cccc2C(F)(F)F)ccc1-n1c2ccccc2c2cc(-c3ccccc3C#N)ccc21. The van der Waals surface area contributed by atoms with E-state index in [1.54, 1.807) is 37.3 Å². The normalized spacial score (nSPS) is 11.5. The van der Waals surface area contributed by atoms with Crippen LogP contribution in [0.2, 0.25) is 0 Å². The third kappa shape index (κ3) is 6.53. The Labute approximate surface area is 383 Å². The van der Waals surface area contributed by atoms with Gasteiger partial charge in [-0.15, -0.1) is 0 Å². The van der Waals surface area contributed by atoms with Crippen molar-refractivity contribution in [1.82, 2.24) is 9.13 Å². The second kappa shape index (κ2) is 15.8. The van der Waals surface area contributed by atoms with E-state index >= 15 is 0 Å². The number of hydrogen-bond acceptors (Lipinski definition) is 2. The summed E-state index contributed by atoms with van der Waals surface area (Å²) in [6.45, 7) is 10.4. The predicted molar refractivity (Wildman–Crippen MR) is 262 cm³/mol. The van der Waals surface area contributed by atoms with Crippen molar-refractivity contribution in [3.05, 3.63) is 222 Å². The maximum atomic E-state index is 15.0. The molecule has 0 amide bonds. The largest absolute Gasteiger partial charge is 0.417 e. The van der Waals surface area contributed by atoms with Crippen LogP contribution in [0.4, 0.5) is 18.9 Å². The number of nitriles is 2. The molecule has 11 rings (SSSR count). The summed E-state index contributed by atoms with van der Waals surface area (Å²) in [7, 11) is 0. The van der Waals surface area contributed by atoms with Gasteiger partial charge in [0.25, 0.3) is 0 Å². The minimum Gasteiger partial charge on any atom is -0.310 e. The minimum atomic E-state index is -4.63. The Morgan fingerprint density at radius 3 is 1.54 bits per heavy atom. The lowest BCUT2D eigenvalue weighted by Crippen LogP contribution is -2.08. The first-order chi connectivity index (χ1) is 32.7. The van der Waals surface area contributed by atoms with Crippen molar-refractivity contribution in [2.75, 3.05) is 0 Å². The molecule has 0 saturated carbocycles. The minimum absolute atomic E-state index is 0.0645. The molecule has 0 unspecified atom stereocenters. The molecule has 0 atom stereocenters. The summed E-state index contributed by atoms with van der Waals surface area (Å²) < 4.78 is 49.1. The van der Waals surface area contributed by atoms with Crippen LogP contribution in [0.15, 0.2) is 188 Å². The molecule has 0 aliphatic heterocycles. The monoisotopic (exact) mass is 869 g/mol. The van der Waals surface area contributed by atoms with Crippen LogP contribution in [0.3, 0.4) is 0 Å². The van der Waals surface area contributed by atoms with Crippen molar-refractivity contribution in [3.8, 4) is 68.0 Å². The molecule has 8 heteroatoms. The van der Waals surface area contributed by atoms with E-state index in [1.165, 1.54) is 6.07 Å². The van der Waals surface area contributed by atoms with Crippen molar-refractivity contribution in [1.29, 1.82) is 10.5 Å². The Morgan fingerprint density at radius 1 is 0.463 bits per heavy atom. The van der Waals surface area contributed by atoms with E-state index in [-0.39, 0.29) is 5.56 Å². The molecule has 9 aromatic carbocycles. The van der Waals surface area contributed by atoms with Gasteiger partial charge < -0.3 is 9.13 Å². The quantitative estimate of drug-likeness (QED) is 0.156. The zero-order chi connectivity index (χ0) is 46.0. The van der Waals surface area contributed by atoms with Crippen LogP contribution in [0.25, 0.3) is 104 Å². The molecule has 0 N–H and O–H groups in total. The maximum absolute atomic E-state index is 15.0. The number of aromatic nitrogens is 2. The molecule has 5 nitrogen and oxygen atoms in total. The number of benzene rings is 9. The van der Waals surface area contributed by atoms with E-state index in [4.69, 9.17) is 6.57 Å². The molecule has 0 spiro atoms. The number of aryl methyl sites for hydroxylation is 1. The van der Waals surface area contributed by atoms with Crippen LogP contribution in [0, 0.1) is 36.2 Å². The third-order valence-electron chi connectivity index (χ3n) is 12.8. The van der Waals surface area contributed by atoms with Crippen molar-refractivity contribution in [2.45, 2.75) is 13.1 Å². The van der Waals surface area contributed by atoms with E-state index in [9.17, 15) is 23.7 Å². The van der Waals surface area contributed by atoms with Gasteiger partial charge in [-0.3, -0.25) is 0 Å². The molecule has 0 bridgehead atoms. The van der Waals surface area contributed by atoms with E-state index in [0.717, 1.165) is 71.9 Å². The van der Waals surface area contributed by atoms with Gasteiger partial charge in [0.05, 0.1) is 63.2 Å². The average Bonchev–Trinajstić information content (AvgIpc) is 3.87. The Hall–Kier alpha value is -9.16. The Balaban J connectivity index is 1.24. The fourth-order valence-corrected chi connectivity index (χ4v) is 9.92. The van der Waals surface area contributed by atoms with Gasteiger partial charge >= 0.3 is 6.18 Å². The average molecular weight is 870 g/mol. The number of alkyl halides is 3. The summed E-state index contributed by atoms with van der Waals surface area (Å²) in [5.74, 6) is 0. The fourth-order valence-electron chi connectivity index (χ4n) is 9.92. The summed E-state index contributed by atoms with van der Waals surface area (Å²) in [5, 5.41) is 23.8. The van der Waals surface area contributed by atoms with Crippen molar-refractivity contribution in [3.63, 3.8) is 0 Å². The third-order valence-corrected chi connectivity index (χ3v) is 12.8. The number of fused-ring (bicyclic) bond motifs is 6. The van der Waals surface area contributed by atoms with Crippen LogP contribution in [-0.4, -0.2) is 9.13 Å². The highest BCUT2D eigenvalue weighted by Gasteiger charge is 2.35. The second-order valence-corrected chi connectivity index (χ2v) is 16.5. The van der Waals surface area contributed by atoms with Crippen molar-refractivity contribution in [2.24, 2.45) is 0 Å². The number of nitrogens with zero attached hydrogens (tertiary/aromatic N) is 5. The topological polar surface area (TPSA) is 61.8 Å². The lowest BCUT2D eigenvalue weighted by atomic mass is 9.90. The summed E-state index contributed by atoms with van der Waals surface area (Å²) in [6, 6.07) is 63.1. The van der Waals surface area contributed by atoms with Crippen LogP contribution in [0.5, 0.6) is 0 Å². The van der Waals surface area contributed by atoms with Gasteiger partial charge in [-0.2, -0.15) is 23.7 Å². The molecule has 0 fully saturated rings. The first-order valence-electron chi connectivity index (χ1n) is 21.6. The molecule has 0 aliphatic carbocycles. The number of rotatable bonds is 6. The molecular formula is C59H34F3N5. The summed E-state index contributed by atoms with van der Waals surface area (Å²) in [6.07, 6.45) is -4.63. The zero-order valence-electron chi connectivity index (χ0n) is 35.8. The van der Waals surface area contributed by atoms with Gasteiger partial charge in [-0.25, -0.2) is 4.85 Å². The van der Waals surface area contributed by atoms with Gasteiger partial charge in [0, 0.05) is 32.8 Å². The Kier molecular flexibility index (Phi) is 9.59. The molecule has 67 heavy (non-hydrogen) atoms. The highest BCUT2D eigenvalue weighted by Crippen LogP contribution is 2.48. The van der Waals surface area contributed by atoms with Crippen LogP contribution in [-0.2, 0) is 6.18 Å². The first kappa shape index (κ1) is 40.6. The van der Waals surface area contributed by atoms with Gasteiger partial charge in [-0.1, -0.05) is 115 Å². The first-order valence-corrected chi connectivity index (χ1v) is 21.6. The Morgan fingerprint density at radius 2 is 0.970 bits per heavy atom. The molecule has 0 radical (unpaired) electrons. The van der Waals surface area contributed by atoms with Gasteiger partial charge in [0.2, 0.25) is 0 Å². The van der Waals surface area contributed by atoms with Crippen molar-refractivity contribution >= 4 is 49.3 Å². The van der Waals surface area contributed by atoms with Gasteiger partial charge in [0.15, 0.2) is 5.69 Å². The van der Waals surface area contributed by atoms with E-state index in [1.807, 2.05) is 127 Å². The summed E-state index contributed by atoms with van der Waals surface area (Å²) in [4.78, 5) is 4.13. The standard InChI is InChI=1S/C59H34F3N5/c1-36-13-11-20-49(59(60,61)62)57(36)39-27-30-55(66-51-22-9-7-18-44(51)46-31-37(25-28-53(46)66)42-16-5-3-14-40(42)34-63)48(33-39)58-50(65-2)21-12-24-56(58)67-52-23-10-8-19-45(52)47-32-38(26-29-54(47)67)43-17-6-4-15-41(43)35-64/h3-33H,1H3. The smallest absolute Gasteiger partial charge is 0.310 e. The molecule has 11 aromatic rings. The lowest BCUT2D eigenvalue weighted by molar-refractivity contribution is -0.137. The molecule has 0 aliphatic rings. The van der Waals surface area contributed by atoms with Gasteiger partial charge in [0.1, 0.15) is 0 Å². The number of hydrogen-bond donors (Lipinski definition) is 0. The molecule has 0 saturated heterocycles. The molecule has 2 aromatic heterocycles. The van der Waals surface area contributed by atoms with E-state index in [2.05, 4.69) is 44.3 Å². The second-order valence-electron chi connectivity index (χ2n) is 16.5. The van der Waals surface area contributed by atoms with Crippen LogP contribution >= 0.6 is 0 Å². The van der Waals surface area contributed by atoms with Gasteiger partial charge in [-0.05, 0) is 124 Å². The molecular weight excluding hydrogens is 836 g/mol. The highest BCUT2D eigenvalue weighted by molar-refractivity contribution is 6.13. The van der Waals surface area contributed by atoms with E-state index in [0.29, 0.717) is 50.4 Å².